The zero-order chi connectivity index (χ0) is 14.0. The van der Waals surface area contributed by atoms with Gasteiger partial charge in [0.25, 0.3) is 5.91 Å². The zero-order valence-electron chi connectivity index (χ0n) is 12.4. The van der Waals surface area contributed by atoms with E-state index in [9.17, 15) is 4.79 Å². The van der Waals surface area contributed by atoms with Crippen molar-refractivity contribution in [3.63, 3.8) is 0 Å². The van der Waals surface area contributed by atoms with Crippen molar-refractivity contribution in [2.45, 2.75) is 52.1 Å². The first-order chi connectivity index (χ1) is 9.04. The molecule has 0 radical (unpaired) electrons. The molecule has 19 heavy (non-hydrogen) atoms. The third-order valence-electron chi connectivity index (χ3n) is 4.10. The lowest BCUT2D eigenvalue weighted by Gasteiger charge is -2.39. The molecule has 0 aromatic heterocycles. The summed E-state index contributed by atoms with van der Waals surface area (Å²) in [5, 5.41) is 3.12. The van der Waals surface area contributed by atoms with E-state index in [-0.39, 0.29) is 5.91 Å². The Morgan fingerprint density at radius 2 is 1.89 bits per heavy atom. The van der Waals surface area contributed by atoms with Crippen LogP contribution in [0, 0.1) is 6.92 Å². The number of amides is 1. The molecule has 1 aliphatic rings. The summed E-state index contributed by atoms with van der Waals surface area (Å²) in [7, 11) is 1.87. The first-order valence-corrected chi connectivity index (χ1v) is 7.15. The molecule has 1 aromatic rings. The Balaban J connectivity index is 2.35. The molecule has 1 saturated heterocycles. The fourth-order valence-electron chi connectivity index (χ4n) is 3.01. The monoisotopic (exact) mass is 260 g/mol. The van der Waals surface area contributed by atoms with Crippen LogP contribution < -0.4 is 5.32 Å². The molecular weight excluding hydrogens is 236 g/mol. The van der Waals surface area contributed by atoms with Gasteiger partial charge in [-0.3, -0.25) is 4.79 Å². The number of carbonyl (C=O) groups is 1. The summed E-state index contributed by atoms with van der Waals surface area (Å²) in [6, 6.07) is 6.68. The Labute approximate surface area is 116 Å². The lowest BCUT2D eigenvalue weighted by molar-refractivity contribution is 0.0511. The second-order valence-corrected chi connectivity index (χ2v) is 5.64. The van der Waals surface area contributed by atoms with E-state index >= 15 is 0 Å². The summed E-state index contributed by atoms with van der Waals surface area (Å²) in [5.41, 5.74) is 2.84. The SMILES string of the molecule is CNc1ccc(C)cc1C(=O)N1C(C)CCCC1C. The number of rotatable bonds is 2. The Bertz CT molecular complexity index is 460. The van der Waals surface area contributed by atoms with E-state index in [0.29, 0.717) is 12.1 Å². The first-order valence-electron chi connectivity index (χ1n) is 7.15. The van der Waals surface area contributed by atoms with Gasteiger partial charge in [0, 0.05) is 24.8 Å². The van der Waals surface area contributed by atoms with Crippen LogP contribution in [0.15, 0.2) is 18.2 Å². The van der Waals surface area contributed by atoms with E-state index in [4.69, 9.17) is 0 Å². The molecule has 2 rings (SSSR count). The number of likely N-dealkylation sites (tertiary alicyclic amines) is 1. The van der Waals surface area contributed by atoms with Crippen molar-refractivity contribution < 1.29 is 4.79 Å². The zero-order valence-corrected chi connectivity index (χ0v) is 12.4. The van der Waals surface area contributed by atoms with E-state index in [0.717, 1.165) is 29.7 Å². The number of nitrogens with one attached hydrogen (secondary N) is 1. The molecule has 1 amide bonds. The van der Waals surface area contributed by atoms with Crippen molar-refractivity contribution in [1.29, 1.82) is 0 Å². The van der Waals surface area contributed by atoms with Crippen molar-refractivity contribution >= 4 is 11.6 Å². The van der Waals surface area contributed by atoms with Crippen LogP contribution in [-0.4, -0.2) is 29.9 Å². The van der Waals surface area contributed by atoms with Crippen LogP contribution in [0.3, 0.4) is 0 Å². The lowest BCUT2D eigenvalue weighted by atomic mass is 9.95. The topological polar surface area (TPSA) is 32.3 Å². The highest BCUT2D eigenvalue weighted by molar-refractivity contribution is 6.00. The molecule has 3 nitrogen and oxygen atoms in total. The highest BCUT2D eigenvalue weighted by Crippen LogP contribution is 2.27. The maximum absolute atomic E-state index is 12.8. The predicted octanol–water partition coefficient (Wildman–Crippen LogP) is 3.44. The van der Waals surface area contributed by atoms with Gasteiger partial charge in [-0.25, -0.2) is 0 Å². The van der Waals surface area contributed by atoms with Crippen LogP contribution in [0.5, 0.6) is 0 Å². The molecule has 3 heteroatoms. The molecule has 1 aromatic carbocycles. The van der Waals surface area contributed by atoms with Crippen LogP contribution in [0.4, 0.5) is 5.69 Å². The van der Waals surface area contributed by atoms with Crippen LogP contribution in [0.25, 0.3) is 0 Å². The molecule has 1 aliphatic heterocycles. The minimum Gasteiger partial charge on any atom is -0.387 e. The Morgan fingerprint density at radius 3 is 2.47 bits per heavy atom. The predicted molar refractivity (Wildman–Crippen MR) is 79.7 cm³/mol. The highest BCUT2D eigenvalue weighted by Gasteiger charge is 2.30. The van der Waals surface area contributed by atoms with E-state index in [1.165, 1.54) is 6.42 Å². The molecular formula is C16H24N2O. The van der Waals surface area contributed by atoms with Gasteiger partial charge in [-0.05, 0) is 52.2 Å². The molecule has 1 N–H and O–H groups in total. The van der Waals surface area contributed by atoms with Crippen LogP contribution in [0.2, 0.25) is 0 Å². The summed E-state index contributed by atoms with van der Waals surface area (Å²) in [6.45, 7) is 6.34. The van der Waals surface area contributed by atoms with Gasteiger partial charge in [0.05, 0.1) is 5.56 Å². The second-order valence-electron chi connectivity index (χ2n) is 5.64. The summed E-state index contributed by atoms with van der Waals surface area (Å²) in [5.74, 6) is 0.160. The largest absolute Gasteiger partial charge is 0.387 e. The number of nitrogens with zero attached hydrogens (tertiary/aromatic N) is 1. The van der Waals surface area contributed by atoms with Gasteiger partial charge in [0.15, 0.2) is 0 Å². The summed E-state index contributed by atoms with van der Waals surface area (Å²) in [6.07, 6.45) is 3.44. The Hall–Kier alpha value is -1.51. The molecule has 0 spiro atoms. The maximum Gasteiger partial charge on any atom is 0.256 e. The lowest BCUT2D eigenvalue weighted by Crippen LogP contribution is -2.47. The van der Waals surface area contributed by atoms with Gasteiger partial charge in [-0.1, -0.05) is 11.6 Å². The molecule has 2 atom stereocenters. The van der Waals surface area contributed by atoms with Gasteiger partial charge in [-0.15, -0.1) is 0 Å². The van der Waals surface area contributed by atoms with Crippen molar-refractivity contribution in [3.05, 3.63) is 29.3 Å². The smallest absolute Gasteiger partial charge is 0.256 e. The number of carbonyl (C=O) groups excluding carboxylic acids is 1. The first kappa shape index (κ1) is 13.9. The Morgan fingerprint density at radius 1 is 1.26 bits per heavy atom. The highest BCUT2D eigenvalue weighted by atomic mass is 16.2. The molecule has 1 fully saturated rings. The molecule has 0 bridgehead atoms. The van der Waals surface area contributed by atoms with E-state index in [2.05, 4.69) is 24.1 Å². The minimum absolute atomic E-state index is 0.160. The summed E-state index contributed by atoms with van der Waals surface area (Å²) < 4.78 is 0. The number of benzene rings is 1. The average molecular weight is 260 g/mol. The molecule has 0 saturated carbocycles. The van der Waals surface area contributed by atoms with Crippen LogP contribution in [-0.2, 0) is 0 Å². The van der Waals surface area contributed by atoms with Crippen molar-refractivity contribution in [3.8, 4) is 0 Å². The number of hydrogen-bond acceptors (Lipinski definition) is 2. The fraction of sp³-hybridized carbons (Fsp3) is 0.562. The normalized spacial score (nSPS) is 23.3. The number of piperidine rings is 1. The molecule has 1 heterocycles. The third kappa shape index (κ3) is 2.75. The summed E-state index contributed by atoms with van der Waals surface area (Å²) in [4.78, 5) is 14.9. The van der Waals surface area contributed by atoms with Gasteiger partial charge in [0.1, 0.15) is 0 Å². The molecule has 2 unspecified atom stereocenters. The minimum atomic E-state index is 0.160. The number of anilines is 1. The van der Waals surface area contributed by atoms with Gasteiger partial charge < -0.3 is 10.2 Å². The number of hydrogen-bond donors (Lipinski definition) is 1. The summed E-state index contributed by atoms with van der Waals surface area (Å²) >= 11 is 0. The molecule has 104 valence electrons. The molecule has 0 aliphatic carbocycles. The second kappa shape index (κ2) is 5.64. The third-order valence-corrected chi connectivity index (χ3v) is 4.10. The van der Waals surface area contributed by atoms with Crippen LogP contribution in [0.1, 0.15) is 49.0 Å². The average Bonchev–Trinajstić information content (AvgIpc) is 2.38. The van der Waals surface area contributed by atoms with Crippen molar-refractivity contribution in [1.82, 2.24) is 4.90 Å². The van der Waals surface area contributed by atoms with Gasteiger partial charge in [0.2, 0.25) is 0 Å². The fourth-order valence-corrected chi connectivity index (χ4v) is 3.01. The number of aryl methyl sites for hydroxylation is 1. The van der Waals surface area contributed by atoms with E-state index < -0.39 is 0 Å². The quantitative estimate of drug-likeness (QED) is 0.883. The van der Waals surface area contributed by atoms with Crippen molar-refractivity contribution in [2.75, 3.05) is 12.4 Å². The standard InChI is InChI=1S/C16H24N2O/c1-11-8-9-15(17-4)14(10-11)16(19)18-12(2)6-5-7-13(18)3/h8-10,12-13,17H,5-7H2,1-4H3. The Kier molecular flexibility index (Phi) is 4.13. The van der Waals surface area contributed by atoms with Gasteiger partial charge >= 0.3 is 0 Å². The van der Waals surface area contributed by atoms with E-state index in [1.54, 1.807) is 0 Å². The van der Waals surface area contributed by atoms with Crippen molar-refractivity contribution in [2.24, 2.45) is 0 Å². The van der Waals surface area contributed by atoms with Crippen LogP contribution >= 0.6 is 0 Å². The van der Waals surface area contributed by atoms with E-state index in [1.807, 2.05) is 32.2 Å². The van der Waals surface area contributed by atoms with Gasteiger partial charge in [-0.2, -0.15) is 0 Å². The maximum atomic E-state index is 12.8.